The molecule has 0 radical (unpaired) electrons. The fourth-order valence-corrected chi connectivity index (χ4v) is 2.19. The molecule has 0 aliphatic rings. The van der Waals surface area contributed by atoms with Crippen LogP contribution in [0.15, 0.2) is 24.3 Å². The van der Waals surface area contributed by atoms with Crippen molar-refractivity contribution >= 4 is 15.9 Å². The molecule has 1 N–H and O–H groups in total. The van der Waals surface area contributed by atoms with Crippen molar-refractivity contribution in [2.75, 3.05) is 31.6 Å². The van der Waals surface area contributed by atoms with Gasteiger partial charge in [-0.1, -0.05) is 0 Å². The molecule has 7 heteroatoms. The monoisotopic (exact) mass is 269 g/mol. The lowest BCUT2D eigenvalue weighted by Gasteiger charge is -2.19. The number of nitriles is 1. The summed E-state index contributed by atoms with van der Waals surface area (Å²) in [5.74, 6) is 0. The minimum atomic E-state index is -3.58. The lowest BCUT2D eigenvalue weighted by Crippen LogP contribution is -2.39. The van der Waals surface area contributed by atoms with E-state index < -0.39 is 10.2 Å². The highest BCUT2D eigenvalue weighted by atomic mass is 32.2. The molecule has 1 aromatic carbocycles. The Morgan fingerprint density at radius 3 is 2.50 bits per heavy atom. The Morgan fingerprint density at radius 2 is 2.00 bits per heavy atom. The quantitative estimate of drug-likeness (QED) is 0.761. The Bertz CT molecular complexity index is 519. The molecule has 0 saturated heterocycles. The second-order valence-electron chi connectivity index (χ2n) is 3.52. The molecule has 98 valence electrons. The van der Waals surface area contributed by atoms with Gasteiger partial charge in [-0.05, 0) is 24.3 Å². The van der Waals surface area contributed by atoms with Gasteiger partial charge in [0.05, 0.1) is 23.9 Å². The van der Waals surface area contributed by atoms with Crippen LogP contribution >= 0.6 is 0 Å². The van der Waals surface area contributed by atoms with Gasteiger partial charge in [0.15, 0.2) is 0 Å². The first-order chi connectivity index (χ1) is 8.51. The van der Waals surface area contributed by atoms with E-state index in [4.69, 9.17) is 10.00 Å². The number of hydrogen-bond donors (Lipinski definition) is 1. The van der Waals surface area contributed by atoms with E-state index in [9.17, 15) is 8.42 Å². The molecule has 18 heavy (non-hydrogen) atoms. The smallest absolute Gasteiger partial charge is 0.301 e. The third-order valence-electron chi connectivity index (χ3n) is 2.31. The van der Waals surface area contributed by atoms with E-state index in [1.807, 2.05) is 6.07 Å². The van der Waals surface area contributed by atoms with Crippen LogP contribution in [0.5, 0.6) is 0 Å². The van der Waals surface area contributed by atoms with Crippen LogP contribution in [0.3, 0.4) is 0 Å². The molecule has 0 heterocycles. The summed E-state index contributed by atoms with van der Waals surface area (Å²) in [6, 6.07) is 8.26. The van der Waals surface area contributed by atoms with Gasteiger partial charge in [-0.25, -0.2) is 0 Å². The molecule has 0 spiro atoms. The molecule has 0 atom stereocenters. The second kappa shape index (κ2) is 6.35. The summed E-state index contributed by atoms with van der Waals surface area (Å²) in [5, 5.41) is 8.66. The van der Waals surface area contributed by atoms with Gasteiger partial charge >= 0.3 is 10.2 Å². The minimum Gasteiger partial charge on any atom is -0.383 e. The topological polar surface area (TPSA) is 82.4 Å². The van der Waals surface area contributed by atoms with E-state index in [2.05, 4.69) is 4.72 Å². The zero-order valence-electron chi connectivity index (χ0n) is 10.3. The van der Waals surface area contributed by atoms with Gasteiger partial charge in [0.2, 0.25) is 0 Å². The molecular formula is C11H15N3O3S. The Morgan fingerprint density at radius 1 is 1.39 bits per heavy atom. The standard InChI is InChI=1S/C11H15N3O3S/c1-14(18(15,16)13-7-8-17-2)11-5-3-10(9-12)4-6-11/h3-6,13H,7-8H2,1-2H3. The number of nitrogens with one attached hydrogen (secondary N) is 1. The number of hydrogen-bond acceptors (Lipinski definition) is 4. The first kappa shape index (κ1) is 14.4. The fourth-order valence-electron chi connectivity index (χ4n) is 1.25. The molecule has 0 amide bonds. The molecule has 6 nitrogen and oxygen atoms in total. The summed E-state index contributed by atoms with van der Waals surface area (Å²) >= 11 is 0. The first-order valence-electron chi connectivity index (χ1n) is 5.24. The van der Waals surface area contributed by atoms with Gasteiger partial charge in [0, 0.05) is 20.7 Å². The lowest BCUT2D eigenvalue weighted by molar-refractivity contribution is 0.204. The van der Waals surface area contributed by atoms with Crippen molar-refractivity contribution in [3.63, 3.8) is 0 Å². The molecule has 0 unspecified atom stereocenters. The summed E-state index contributed by atoms with van der Waals surface area (Å²) < 4.78 is 32.0. The Balaban J connectivity index is 2.79. The van der Waals surface area contributed by atoms with Crippen LogP contribution in [0.1, 0.15) is 5.56 Å². The Labute approximate surface area is 107 Å². The zero-order chi connectivity index (χ0) is 13.6. The van der Waals surface area contributed by atoms with Crippen molar-refractivity contribution < 1.29 is 13.2 Å². The molecule has 0 aliphatic heterocycles. The predicted molar refractivity (Wildman–Crippen MR) is 68.4 cm³/mol. The second-order valence-corrected chi connectivity index (χ2v) is 5.30. The maximum Gasteiger partial charge on any atom is 0.301 e. The van der Waals surface area contributed by atoms with Gasteiger partial charge in [-0.3, -0.25) is 4.31 Å². The van der Waals surface area contributed by atoms with Crippen molar-refractivity contribution in [2.24, 2.45) is 0 Å². The molecule has 0 fully saturated rings. The molecule has 0 aliphatic carbocycles. The summed E-state index contributed by atoms with van der Waals surface area (Å²) in [6.07, 6.45) is 0. The van der Waals surface area contributed by atoms with Crippen molar-refractivity contribution in [1.29, 1.82) is 5.26 Å². The summed E-state index contributed by atoms with van der Waals surface area (Å²) in [4.78, 5) is 0. The Hall–Kier alpha value is -1.62. The number of methoxy groups -OCH3 is 1. The van der Waals surface area contributed by atoms with Crippen LogP contribution < -0.4 is 9.03 Å². The average Bonchev–Trinajstić information content (AvgIpc) is 2.38. The summed E-state index contributed by atoms with van der Waals surface area (Å²) in [7, 11) is -0.645. The van der Waals surface area contributed by atoms with Crippen LogP contribution in [-0.2, 0) is 14.9 Å². The third kappa shape index (κ3) is 3.70. The molecule has 0 saturated carbocycles. The van der Waals surface area contributed by atoms with Crippen LogP contribution in [0, 0.1) is 11.3 Å². The third-order valence-corrected chi connectivity index (χ3v) is 3.81. The number of anilines is 1. The van der Waals surface area contributed by atoms with Gasteiger partial charge in [0.1, 0.15) is 0 Å². The van der Waals surface area contributed by atoms with E-state index in [1.165, 1.54) is 14.2 Å². The van der Waals surface area contributed by atoms with Crippen molar-refractivity contribution in [3.05, 3.63) is 29.8 Å². The number of benzene rings is 1. The Kier molecular flexibility index (Phi) is 5.09. The molecular weight excluding hydrogens is 254 g/mol. The van der Waals surface area contributed by atoms with Gasteiger partial charge in [-0.15, -0.1) is 0 Å². The highest BCUT2D eigenvalue weighted by Gasteiger charge is 2.17. The van der Waals surface area contributed by atoms with Crippen LogP contribution in [-0.4, -0.2) is 35.7 Å². The van der Waals surface area contributed by atoms with E-state index in [-0.39, 0.29) is 6.54 Å². The number of nitrogens with zero attached hydrogens (tertiary/aromatic N) is 2. The van der Waals surface area contributed by atoms with E-state index >= 15 is 0 Å². The number of ether oxygens (including phenoxy) is 1. The first-order valence-corrected chi connectivity index (χ1v) is 6.68. The van der Waals surface area contributed by atoms with Crippen LogP contribution in [0.25, 0.3) is 0 Å². The largest absolute Gasteiger partial charge is 0.383 e. The predicted octanol–water partition coefficient (Wildman–Crippen LogP) is 0.475. The molecule has 1 aromatic rings. The highest BCUT2D eigenvalue weighted by molar-refractivity contribution is 7.90. The van der Waals surface area contributed by atoms with Crippen molar-refractivity contribution in [2.45, 2.75) is 0 Å². The van der Waals surface area contributed by atoms with Crippen LogP contribution in [0.2, 0.25) is 0 Å². The highest BCUT2D eigenvalue weighted by Crippen LogP contribution is 2.15. The van der Waals surface area contributed by atoms with E-state index in [0.29, 0.717) is 17.9 Å². The van der Waals surface area contributed by atoms with Gasteiger partial charge in [-0.2, -0.15) is 18.4 Å². The minimum absolute atomic E-state index is 0.208. The maximum atomic E-state index is 11.9. The van der Waals surface area contributed by atoms with Gasteiger partial charge < -0.3 is 4.74 Å². The van der Waals surface area contributed by atoms with Gasteiger partial charge in [0.25, 0.3) is 0 Å². The molecule has 0 aromatic heterocycles. The van der Waals surface area contributed by atoms with E-state index in [0.717, 1.165) is 4.31 Å². The number of rotatable bonds is 6. The molecule has 1 rings (SSSR count). The average molecular weight is 269 g/mol. The summed E-state index contributed by atoms with van der Waals surface area (Å²) in [5.41, 5.74) is 0.968. The normalized spacial score (nSPS) is 10.9. The van der Waals surface area contributed by atoms with E-state index in [1.54, 1.807) is 24.3 Å². The fraction of sp³-hybridized carbons (Fsp3) is 0.364. The van der Waals surface area contributed by atoms with Crippen molar-refractivity contribution in [1.82, 2.24) is 4.72 Å². The molecule has 0 bridgehead atoms. The lowest BCUT2D eigenvalue weighted by atomic mass is 10.2. The summed E-state index contributed by atoms with van der Waals surface area (Å²) in [6.45, 7) is 0.514. The zero-order valence-corrected chi connectivity index (χ0v) is 11.1. The maximum absolute atomic E-state index is 11.9. The SMILES string of the molecule is COCCNS(=O)(=O)N(C)c1ccc(C#N)cc1. The van der Waals surface area contributed by atoms with Crippen LogP contribution in [0.4, 0.5) is 5.69 Å². The van der Waals surface area contributed by atoms with Crippen molar-refractivity contribution in [3.8, 4) is 6.07 Å².